The molecule has 1 aliphatic rings. The van der Waals surface area contributed by atoms with Crippen LogP contribution in [0.5, 0.6) is 0 Å². The molecule has 0 aliphatic carbocycles. The SMILES string of the molecule is NC(=O)c1ccsc1NC(=O)CN1CCCCC1. The van der Waals surface area contributed by atoms with Crippen molar-refractivity contribution in [1.29, 1.82) is 0 Å². The van der Waals surface area contributed by atoms with E-state index in [1.807, 2.05) is 0 Å². The fourth-order valence-corrected chi connectivity index (χ4v) is 2.90. The molecule has 0 aromatic carbocycles. The van der Waals surface area contributed by atoms with Crippen LogP contribution in [-0.4, -0.2) is 36.3 Å². The van der Waals surface area contributed by atoms with Gasteiger partial charge in [0.2, 0.25) is 5.91 Å². The number of hydrogen-bond donors (Lipinski definition) is 2. The van der Waals surface area contributed by atoms with Crippen LogP contribution in [0.2, 0.25) is 0 Å². The summed E-state index contributed by atoms with van der Waals surface area (Å²) in [6.07, 6.45) is 3.55. The third-order valence-electron chi connectivity index (χ3n) is 3.00. The van der Waals surface area contributed by atoms with Crippen LogP contribution in [0, 0.1) is 0 Å². The third kappa shape index (κ3) is 3.30. The second-order valence-corrected chi connectivity index (χ2v) is 5.33. The van der Waals surface area contributed by atoms with Crippen LogP contribution in [0.25, 0.3) is 0 Å². The summed E-state index contributed by atoms with van der Waals surface area (Å²) in [6, 6.07) is 1.63. The first-order valence-electron chi connectivity index (χ1n) is 6.06. The highest BCUT2D eigenvalue weighted by atomic mass is 32.1. The molecule has 18 heavy (non-hydrogen) atoms. The Morgan fingerprint density at radius 1 is 1.33 bits per heavy atom. The molecule has 1 aliphatic heterocycles. The van der Waals surface area contributed by atoms with E-state index in [1.54, 1.807) is 11.4 Å². The lowest BCUT2D eigenvalue weighted by Crippen LogP contribution is -2.36. The van der Waals surface area contributed by atoms with Crippen molar-refractivity contribution in [1.82, 2.24) is 4.90 Å². The van der Waals surface area contributed by atoms with E-state index in [4.69, 9.17) is 5.73 Å². The molecule has 6 heteroatoms. The zero-order valence-corrected chi connectivity index (χ0v) is 11.0. The minimum atomic E-state index is -0.510. The number of hydrogen-bond acceptors (Lipinski definition) is 4. The Bertz CT molecular complexity index is 438. The molecule has 0 spiro atoms. The molecule has 98 valence electrons. The lowest BCUT2D eigenvalue weighted by molar-refractivity contribution is -0.117. The number of amides is 2. The summed E-state index contributed by atoms with van der Waals surface area (Å²) < 4.78 is 0. The van der Waals surface area contributed by atoms with Crippen LogP contribution in [0.1, 0.15) is 29.6 Å². The summed E-state index contributed by atoms with van der Waals surface area (Å²) in [4.78, 5) is 25.1. The summed E-state index contributed by atoms with van der Waals surface area (Å²) in [5.41, 5.74) is 5.61. The van der Waals surface area contributed by atoms with Gasteiger partial charge in [-0.05, 0) is 37.4 Å². The van der Waals surface area contributed by atoms with Crippen LogP contribution in [0.3, 0.4) is 0 Å². The lowest BCUT2D eigenvalue weighted by Gasteiger charge is -2.25. The highest BCUT2D eigenvalue weighted by molar-refractivity contribution is 7.14. The second-order valence-electron chi connectivity index (χ2n) is 4.41. The molecule has 1 aromatic heterocycles. The number of carbonyl (C=O) groups excluding carboxylic acids is 2. The summed E-state index contributed by atoms with van der Waals surface area (Å²) >= 11 is 1.32. The molecule has 2 amide bonds. The molecule has 0 bridgehead atoms. The number of nitrogens with zero attached hydrogens (tertiary/aromatic N) is 1. The summed E-state index contributed by atoms with van der Waals surface area (Å²) in [5.74, 6) is -0.591. The van der Waals surface area contributed by atoms with Gasteiger partial charge in [0.25, 0.3) is 5.91 Å². The van der Waals surface area contributed by atoms with E-state index < -0.39 is 5.91 Å². The molecule has 5 nitrogen and oxygen atoms in total. The molecule has 1 aromatic rings. The highest BCUT2D eigenvalue weighted by Crippen LogP contribution is 2.22. The first-order valence-corrected chi connectivity index (χ1v) is 6.94. The quantitative estimate of drug-likeness (QED) is 0.862. The van der Waals surface area contributed by atoms with Crippen LogP contribution < -0.4 is 11.1 Å². The molecule has 0 saturated carbocycles. The largest absolute Gasteiger partial charge is 0.366 e. The monoisotopic (exact) mass is 267 g/mol. The molecular weight excluding hydrogens is 250 g/mol. The van der Waals surface area contributed by atoms with Gasteiger partial charge in [-0.2, -0.15) is 0 Å². The Labute approximate surface area is 110 Å². The highest BCUT2D eigenvalue weighted by Gasteiger charge is 2.16. The summed E-state index contributed by atoms with van der Waals surface area (Å²) in [5, 5.41) is 5.05. The number of rotatable bonds is 4. The number of anilines is 1. The van der Waals surface area contributed by atoms with Crippen molar-refractivity contribution in [3.05, 3.63) is 17.0 Å². The normalized spacial score (nSPS) is 16.4. The van der Waals surface area contributed by atoms with Crippen molar-refractivity contribution in [2.75, 3.05) is 25.0 Å². The fraction of sp³-hybridized carbons (Fsp3) is 0.500. The van der Waals surface area contributed by atoms with Crippen molar-refractivity contribution in [3.8, 4) is 0 Å². The van der Waals surface area contributed by atoms with Crippen molar-refractivity contribution < 1.29 is 9.59 Å². The molecule has 1 fully saturated rings. The fourth-order valence-electron chi connectivity index (χ4n) is 2.09. The van der Waals surface area contributed by atoms with Gasteiger partial charge in [-0.3, -0.25) is 14.5 Å². The van der Waals surface area contributed by atoms with Gasteiger partial charge >= 0.3 is 0 Å². The Kier molecular flexibility index (Phi) is 4.33. The van der Waals surface area contributed by atoms with Gasteiger partial charge in [-0.25, -0.2) is 0 Å². The smallest absolute Gasteiger partial charge is 0.251 e. The van der Waals surface area contributed by atoms with E-state index >= 15 is 0 Å². The van der Waals surface area contributed by atoms with E-state index in [0.29, 0.717) is 17.1 Å². The third-order valence-corrected chi connectivity index (χ3v) is 3.83. The number of likely N-dealkylation sites (tertiary alicyclic amines) is 1. The number of primary amides is 1. The number of nitrogens with one attached hydrogen (secondary N) is 1. The zero-order chi connectivity index (χ0) is 13.0. The maximum atomic E-state index is 11.9. The van der Waals surface area contributed by atoms with Crippen LogP contribution >= 0.6 is 11.3 Å². The van der Waals surface area contributed by atoms with E-state index in [0.717, 1.165) is 25.9 Å². The van der Waals surface area contributed by atoms with E-state index in [1.165, 1.54) is 17.8 Å². The molecule has 1 saturated heterocycles. The van der Waals surface area contributed by atoms with E-state index in [2.05, 4.69) is 10.2 Å². The zero-order valence-electron chi connectivity index (χ0n) is 10.1. The number of piperidine rings is 1. The first-order chi connectivity index (χ1) is 8.66. The average Bonchev–Trinajstić information content (AvgIpc) is 2.78. The van der Waals surface area contributed by atoms with Crippen LogP contribution in [0.15, 0.2) is 11.4 Å². The molecule has 2 rings (SSSR count). The standard InChI is InChI=1S/C12H17N3O2S/c13-11(17)9-4-7-18-12(9)14-10(16)8-15-5-2-1-3-6-15/h4,7H,1-3,5-6,8H2,(H2,13,17)(H,14,16). The average molecular weight is 267 g/mol. The number of nitrogens with two attached hydrogens (primary N) is 1. The Hall–Kier alpha value is -1.40. The van der Waals surface area contributed by atoms with Gasteiger partial charge < -0.3 is 11.1 Å². The number of thiophene rings is 1. The predicted molar refractivity (Wildman–Crippen MR) is 71.8 cm³/mol. The van der Waals surface area contributed by atoms with Crippen molar-refractivity contribution in [2.45, 2.75) is 19.3 Å². The first kappa shape index (κ1) is 13.0. The van der Waals surface area contributed by atoms with Gasteiger partial charge in [-0.15, -0.1) is 11.3 Å². The predicted octanol–water partition coefficient (Wildman–Crippen LogP) is 1.27. The molecule has 0 atom stereocenters. The van der Waals surface area contributed by atoms with E-state index in [-0.39, 0.29) is 5.91 Å². The Morgan fingerprint density at radius 2 is 2.06 bits per heavy atom. The van der Waals surface area contributed by atoms with E-state index in [9.17, 15) is 9.59 Å². The summed E-state index contributed by atoms with van der Waals surface area (Å²) in [6.45, 7) is 2.33. The topological polar surface area (TPSA) is 75.4 Å². The summed E-state index contributed by atoms with van der Waals surface area (Å²) in [7, 11) is 0. The second kappa shape index (κ2) is 5.97. The Balaban J connectivity index is 1.90. The van der Waals surface area contributed by atoms with Crippen molar-refractivity contribution in [3.63, 3.8) is 0 Å². The number of carbonyl (C=O) groups is 2. The van der Waals surface area contributed by atoms with Gasteiger partial charge in [0.1, 0.15) is 5.00 Å². The molecular formula is C12H17N3O2S. The maximum Gasteiger partial charge on any atom is 0.251 e. The van der Waals surface area contributed by atoms with Crippen molar-refractivity contribution >= 4 is 28.2 Å². The molecule has 2 heterocycles. The maximum absolute atomic E-state index is 11.9. The molecule has 3 N–H and O–H groups in total. The molecule has 0 radical (unpaired) electrons. The van der Waals surface area contributed by atoms with Gasteiger partial charge in [-0.1, -0.05) is 6.42 Å². The lowest BCUT2D eigenvalue weighted by atomic mass is 10.1. The van der Waals surface area contributed by atoms with Gasteiger partial charge in [0, 0.05) is 0 Å². The minimum Gasteiger partial charge on any atom is -0.366 e. The van der Waals surface area contributed by atoms with Crippen molar-refractivity contribution in [2.24, 2.45) is 5.73 Å². The molecule has 0 unspecified atom stereocenters. The van der Waals surface area contributed by atoms with Gasteiger partial charge in [0.15, 0.2) is 0 Å². The van der Waals surface area contributed by atoms with Crippen LogP contribution in [-0.2, 0) is 4.79 Å². The van der Waals surface area contributed by atoms with Crippen LogP contribution in [0.4, 0.5) is 5.00 Å². The minimum absolute atomic E-state index is 0.0816. The Morgan fingerprint density at radius 3 is 2.72 bits per heavy atom. The van der Waals surface area contributed by atoms with Gasteiger partial charge in [0.05, 0.1) is 12.1 Å².